The normalized spacial score (nSPS) is 29.1. The molecule has 0 spiro atoms. The molecule has 22 heavy (non-hydrogen) atoms. The van der Waals surface area contributed by atoms with Crippen molar-refractivity contribution >= 4 is 10.9 Å². The third kappa shape index (κ3) is 1.82. The van der Waals surface area contributed by atoms with Crippen LogP contribution in [0.1, 0.15) is 48.5 Å². The fraction of sp³-hybridized carbons (Fsp3) is 0.579. The summed E-state index contributed by atoms with van der Waals surface area (Å²) in [5.74, 6) is 0. The number of rotatable bonds is 0. The molecule has 2 fully saturated rings. The van der Waals surface area contributed by atoms with Gasteiger partial charge >= 0.3 is 0 Å². The SMILES string of the molecule is Cc1ccc2[nH]c3c(c2c1)CCN1[C@H]3CCN2CCCC[C@@H]21. The summed E-state index contributed by atoms with van der Waals surface area (Å²) in [6.45, 7) is 6.03. The van der Waals surface area contributed by atoms with E-state index in [1.165, 1.54) is 73.9 Å². The Morgan fingerprint density at radius 1 is 1.09 bits per heavy atom. The van der Waals surface area contributed by atoms with Gasteiger partial charge in [0.15, 0.2) is 0 Å². The van der Waals surface area contributed by atoms with Crippen molar-refractivity contribution in [2.24, 2.45) is 0 Å². The van der Waals surface area contributed by atoms with Crippen LogP contribution in [0.25, 0.3) is 10.9 Å². The first-order valence-corrected chi connectivity index (χ1v) is 8.92. The van der Waals surface area contributed by atoms with Gasteiger partial charge in [0.25, 0.3) is 0 Å². The minimum absolute atomic E-state index is 0.621. The van der Waals surface area contributed by atoms with Gasteiger partial charge in [0, 0.05) is 29.7 Å². The molecule has 3 heteroatoms. The van der Waals surface area contributed by atoms with Crippen LogP contribution in [-0.4, -0.2) is 40.6 Å². The summed E-state index contributed by atoms with van der Waals surface area (Å²) in [4.78, 5) is 9.31. The quantitative estimate of drug-likeness (QED) is 0.802. The summed E-state index contributed by atoms with van der Waals surface area (Å²) < 4.78 is 0. The van der Waals surface area contributed by atoms with Crippen molar-refractivity contribution in [3.05, 3.63) is 35.0 Å². The number of piperidine rings is 1. The van der Waals surface area contributed by atoms with Crippen molar-refractivity contribution in [1.82, 2.24) is 14.8 Å². The van der Waals surface area contributed by atoms with Gasteiger partial charge in [-0.3, -0.25) is 9.80 Å². The fourth-order valence-electron chi connectivity index (χ4n) is 5.06. The Labute approximate surface area is 132 Å². The average Bonchev–Trinajstić information content (AvgIpc) is 2.92. The van der Waals surface area contributed by atoms with Crippen molar-refractivity contribution in [3.8, 4) is 0 Å². The highest BCUT2D eigenvalue weighted by Crippen LogP contribution is 2.42. The monoisotopic (exact) mass is 295 g/mol. The van der Waals surface area contributed by atoms with Gasteiger partial charge in [-0.25, -0.2) is 0 Å². The number of aryl methyl sites for hydroxylation is 1. The second-order valence-electron chi connectivity index (χ2n) is 7.37. The first kappa shape index (κ1) is 13.1. The number of fused-ring (bicyclic) bond motifs is 7. The molecule has 0 unspecified atom stereocenters. The summed E-state index contributed by atoms with van der Waals surface area (Å²) in [5.41, 5.74) is 5.84. The number of hydrogen-bond donors (Lipinski definition) is 1. The summed E-state index contributed by atoms with van der Waals surface area (Å²) >= 11 is 0. The van der Waals surface area contributed by atoms with Gasteiger partial charge in [0.1, 0.15) is 0 Å². The zero-order valence-corrected chi connectivity index (χ0v) is 13.4. The Hall–Kier alpha value is -1.32. The summed E-state index contributed by atoms with van der Waals surface area (Å²) in [7, 11) is 0. The highest BCUT2D eigenvalue weighted by Gasteiger charge is 2.41. The third-order valence-corrected chi connectivity index (χ3v) is 6.10. The Balaban J connectivity index is 1.58. The van der Waals surface area contributed by atoms with Gasteiger partial charge in [-0.2, -0.15) is 0 Å². The Bertz CT molecular complexity index is 717. The van der Waals surface area contributed by atoms with E-state index in [2.05, 4.69) is 39.9 Å². The van der Waals surface area contributed by atoms with Crippen LogP contribution in [0.4, 0.5) is 0 Å². The summed E-state index contributed by atoms with van der Waals surface area (Å²) in [6, 6.07) is 7.49. The Kier molecular flexibility index (Phi) is 2.89. The van der Waals surface area contributed by atoms with Crippen LogP contribution in [0.15, 0.2) is 18.2 Å². The maximum atomic E-state index is 3.78. The number of hydrogen-bond acceptors (Lipinski definition) is 2. The van der Waals surface area contributed by atoms with Crippen molar-refractivity contribution in [3.63, 3.8) is 0 Å². The van der Waals surface area contributed by atoms with Gasteiger partial charge in [-0.05, 0) is 63.3 Å². The van der Waals surface area contributed by atoms with Crippen LogP contribution < -0.4 is 0 Å². The van der Waals surface area contributed by atoms with Gasteiger partial charge in [-0.15, -0.1) is 0 Å². The lowest BCUT2D eigenvalue weighted by Gasteiger charge is -2.52. The molecule has 0 amide bonds. The van der Waals surface area contributed by atoms with Crippen LogP contribution in [0.3, 0.4) is 0 Å². The minimum Gasteiger partial charge on any atom is -0.357 e. The molecule has 0 radical (unpaired) electrons. The molecule has 2 saturated heterocycles. The molecule has 3 nitrogen and oxygen atoms in total. The molecule has 1 aromatic carbocycles. The van der Waals surface area contributed by atoms with E-state index < -0.39 is 0 Å². The molecule has 3 aliphatic heterocycles. The van der Waals surface area contributed by atoms with E-state index in [0.717, 1.165) is 0 Å². The molecule has 5 rings (SSSR count). The van der Waals surface area contributed by atoms with Gasteiger partial charge < -0.3 is 4.98 Å². The van der Waals surface area contributed by atoms with Gasteiger partial charge in [0.2, 0.25) is 0 Å². The van der Waals surface area contributed by atoms with E-state index in [9.17, 15) is 0 Å². The second-order valence-corrected chi connectivity index (χ2v) is 7.37. The predicted octanol–water partition coefficient (Wildman–Crippen LogP) is 3.59. The second kappa shape index (κ2) is 4.84. The molecule has 2 aromatic rings. The Morgan fingerprint density at radius 3 is 3.00 bits per heavy atom. The molecule has 116 valence electrons. The molecule has 1 aromatic heterocycles. The lowest BCUT2D eigenvalue weighted by molar-refractivity contribution is -0.0599. The van der Waals surface area contributed by atoms with E-state index in [0.29, 0.717) is 12.2 Å². The van der Waals surface area contributed by atoms with Crippen molar-refractivity contribution in [2.75, 3.05) is 19.6 Å². The summed E-state index contributed by atoms with van der Waals surface area (Å²) in [5, 5.41) is 1.47. The van der Waals surface area contributed by atoms with Crippen LogP contribution in [0.2, 0.25) is 0 Å². The fourth-order valence-corrected chi connectivity index (χ4v) is 5.06. The number of aromatic nitrogens is 1. The number of nitrogens with one attached hydrogen (secondary N) is 1. The Morgan fingerprint density at radius 2 is 2.05 bits per heavy atom. The zero-order valence-electron chi connectivity index (χ0n) is 13.4. The first-order chi connectivity index (χ1) is 10.8. The third-order valence-electron chi connectivity index (χ3n) is 6.10. The molecule has 2 atom stereocenters. The van der Waals surface area contributed by atoms with Crippen LogP contribution >= 0.6 is 0 Å². The van der Waals surface area contributed by atoms with Crippen LogP contribution in [-0.2, 0) is 6.42 Å². The predicted molar refractivity (Wildman–Crippen MR) is 90.0 cm³/mol. The number of nitrogens with zero attached hydrogens (tertiary/aromatic N) is 2. The molecule has 0 saturated carbocycles. The molecule has 3 aliphatic rings. The smallest absolute Gasteiger partial charge is 0.0628 e. The average molecular weight is 295 g/mol. The van der Waals surface area contributed by atoms with E-state index in [1.54, 1.807) is 5.56 Å². The topological polar surface area (TPSA) is 22.3 Å². The highest BCUT2D eigenvalue weighted by molar-refractivity contribution is 5.85. The van der Waals surface area contributed by atoms with Crippen molar-refractivity contribution in [1.29, 1.82) is 0 Å². The molecular weight excluding hydrogens is 270 g/mol. The molecule has 1 N–H and O–H groups in total. The van der Waals surface area contributed by atoms with Gasteiger partial charge in [-0.1, -0.05) is 11.6 Å². The van der Waals surface area contributed by atoms with Crippen molar-refractivity contribution < 1.29 is 0 Å². The number of H-pyrrole nitrogens is 1. The maximum absolute atomic E-state index is 3.78. The molecular formula is C19H25N3. The first-order valence-electron chi connectivity index (χ1n) is 8.92. The summed E-state index contributed by atoms with van der Waals surface area (Å²) in [6.07, 6.45) is 7.36. The maximum Gasteiger partial charge on any atom is 0.0628 e. The molecule has 0 aliphatic carbocycles. The largest absolute Gasteiger partial charge is 0.357 e. The standard InChI is InChI=1S/C19H25N3/c1-13-5-6-16-15(12-13)14-7-11-22-17(19(14)20-16)8-10-21-9-3-2-4-18(21)22/h5-6,12,17-18,20H,2-4,7-11H2,1H3/t17-,18-/m0/s1. The van der Waals surface area contributed by atoms with E-state index in [4.69, 9.17) is 0 Å². The highest BCUT2D eigenvalue weighted by atomic mass is 15.4. The van der Waals surface area contributed by atoms with Crippen LogP contribution in [0.5, 0.6) is 0 Å². The minimum atomic E-state index is 0.621. The van der Waals surface area contributed by atoms with Crippen molar-refractivity contribution in [2.45, 2.75) is 51.2 Å². The lowest BCUT2D eigenvalue weighted by atomic mass is 9.90. The lowest BCUT2D eigenvalue weighted by Crippen LogP contribution is -2.58. The van der Waals surface area contributed by atoms with Crippen LogP contribution in [0, 0.1) is 6.92 Å². The molecule has 0 bridgehead atoms. The zero-order chi connectivity index (χ0) is 14.7. The number of benzene rings is 1. The molecule has 4 heterocycles. The number of aromatic amines is 1. The van der Waals surface area contributed by atoms with E-state index in [-0.39, 0.29) is 0 Å². The van der Waals surface area contributed by atoms with E-state index >= 15 is 0 Å². The van der Waals surface area contributed by atoms with E-state index in [1.807, 2.05) is 0 Å². The van der Waals surface area contributed by atoms with Gasteiger partial charge in [0.05, 0.1) is 12.2 Å².